The number of para-hydroxylation sites is 1. The number of hydrogen-bond acceptors (Lipinski definition) is 2. The second-order valence-electron chi connectivity index (χ2n) is 2.83. The van der Waals surface area contributed by atoms with Crippen LogP contribution in [-0.2, 0) is 6.42 Å². The molecular weight excluding hydrogens is 195 g/mol. The van der Waals surface area contributed by atoms with Crippen LogP contribution < -0.4 is 5.73 Å². The lowest BCUT2D eigenvalue weighted by molar-refractivity contribution is -0.127. The Morgan fingerprint density at radius 1 is 1.36 bits per heavy atom. The van der Waals surface area contributed by atoms with Crippen molar-refractivity contribution in [2.75, 3.05) is 5.73 Å². The van der Waals surface area contributed by atoms with Crippen LogP contribution in [0.5, 0.6) is 0 Å². The van der Waals surface area contributed by atoms with Gasteiger partial charge in [-0.2, -0.15) is 13.2 Å². The number of nitrogen functional groups attached to an aromatic ring is 1. The fraction of sp³-hybridized carbons (Fsp3) is 0.222. The lowest BCUT2D eigenvalue weighted by atomic mass is 10.1. The third-order valence-corrected chi connectivity index (χ3v) is 1.75. The molecule has 0 fully saturated rings. The Hall–Kier alpha value is -1.52. The predicted molar refractivity (Wildman–Crippen MR) is 46.0 cm³/mol. The van der Waals surface area contributed by atoms with Gasteiger partial charge in [-0.3, -0.25) is 4.79 Å². The van der Waals surface area contributed by atoms with Gasteiger partial charge in [0, 0.05) is 11.3 Å². The summed E-state index contributed by atoms with van der Waals surface area (Å²) in [6.07, 6.45) is -4.98. The number of hydrogen-bond donors (Lipinski definition) is 1. The van der Waals surface area contributed by atoms with E-state index in [1.165, 1.54) is 18.2 Å². The van der Waals surface area contributed by atoms with Gasteiger partial charge in [0.2, 0.25) is 0 Å². The summed E-state index contributed by atoms with van der Waals surface area (Å²) < 4.78 is 36.0. The summed E-state index contributed by atoms with van der Waals surface area (Å²) in [5.41, 5.74) is 5.29. The van der Waals surface area contributed by atoms with Crippen molar-refractivity contribution < 1.29 is 18.0 Å². The van der Waals surface area contributed by atoms with Gasteiger partial charge >= 0.3 is 6.18 Å². The van der Waals surface area contributed by atoms with Gasteiger partial charge in [0.15, 0.2) is 6.29 Å². The van der Waals surface area contributed by atoms with Crippen molar-refractivity contribution in [1.29, 1.82) is 0 Å². The second-order valence-corrected chi connectivity index (χ2v) is 2.83. The minimum Gasteiger partial charge on any atom is -0.398 e. The van der Waals surface area contributed by atoms with Crippen molar-refractivity contribution in [3.05, 3.63) is 29.3 Å². The maximum Gasteiger partial charge on any atom is 0.393 e. The van der Waals surface area contributed by atoms with Crippen LogP contribution in [0.25, 0.3) is 0 Å². The molecule has 5 heteroatoms. The molecule has 14 heavy (non-hydrogen) atoms. The summed E-state index contributed by atoms with van der Waals surface area (Å²) in [5.74, 6) is 0. The van der Waals surface area contributed by atoms with Gasteiger partial charge in [-0.1, -0.05) is 12.1 Å². The summed E-state index contributed by atoms with van der Waals surface area (Å²) in [4.78, 5) is 10.4. The average molecular weight is 203 g/mol. The van der Waals surface area contributed by atoms with Crippen LogP contribution in [0.2, 0.25) is 0 Å². The van der Waals surface area contributed by atoms with Gasteiger partial charge in [0.1, 0.15) is 0 Å². The van der Waals surface area contributed by atoms with Crippen molar-refractivity contribution in [1.82, 2.24) is 0 Å². The highest BCUT2D eigenvalue weighted by Crippen LogP contribution is 2.25. The van der Waals surface area contributed by atoms with Crippen LogP contribution in [0.3, 0.4) is 0 Å². The number of halogens is 3. The van der Waals surface area contributed by atoms with E-state index in [1.54, 1.807) is 0 Å². The van der Waals surface area contributed by atoms with Crippen LogP contribution in [0.4, 0.5) is 18.9 Å². The standard InChI is InChI=1S/C9H8F3NO/c10-9(11,12)4-6-2-1-3-7(5-14)8(6)13/h1-3,5H,4,13H2. The van der Waals surface area contributed by atoms with Crippen molar-refractivity contribution in [2.24, 2.45) is 0 Å². The normalized spacial score (nSPS) is 11.4. The molecule has 0 atom stereocenters. The number of benzene rings is 1. The third-order valence-electron chi connectivity index (χ3n) is 1.75. The molecule has 76 valence electrons. The first-order valence-corrected chi connectivity index (χ1v) is 3.83. The lowest BCUT2D eigenvalue weighted by Gasteiger charge is -2.09. The maximum atomic E-state index is 12.0. The molecule has 0 bridgehead atoms. The molecule has 0 saturated carbocycles. The predicted octanol–water partition coefficient (Wildman–Crippen LogP) is 2.19. The average Bonchev–Trinajstić information content (AvgIpc) is 2.06. The van der Waals surface area contributed by atoms with E-state index < -0.39 is 12.6 Å². The zero-order valence-corrected chi connectivity index (χ0v) is 7.14. The number of rotatable bonds is 2. The summed E-state index contributed by atoms with van der Waals surface area (Å²) in [6, 6.07) is 4.01. The molecule has 1 aromatic rings. The SMILES string of the molecule is Nc1c(C=O)cccc1CC(F)(F)F. The minimum atomic E-state index is -4.31. The molecule has 0 heterocycles. The number of aldehydes is 1. The molecule has 1 aromatic carbocycles. The molecule has 0 amide bonds. The van der Waals surface area contributed by atoms with Gasteiger partial charge in [0.25, 0.3) is 0 Å². The molecule has 0 radical (unpaired) electrons. The van der Waals surface area contributed by atoms with Gasteiger partial charge in [-0.15, -0.1) is 0 Å². The van der Waals surface area contributed by atoms with E-state index in [9.17, 15) is 18.0 Å². The Labute approximate surface area is 78.5 Å². The number of nitrogens with two attached hydrogens (primary N) is 1. The van der Waals surface area contributed by atoms with Crippen molar-refractivity contribution >= 4 is 12.0 Å². The van der Waals surface area contributed by atoms with Crippen LogP contribution in [0, 0.1) is 0 Å². The van der Waals surface area contributed by atoms with Gasteiger partial charge in [-0.25, -0.2) is 0 Å². The van der Waals surface area contributed by atoms with E-state index in [2.05, 4.69) is 0 Å². The first-order chi connectivity index (χ1) is 6.44. The fourth-order valence-electron chi connectivity index (χ4n) is 1.11. The Balaban J connectivity index is 3.04. The van der Waals surface area contributed by atoms with Crippen LogP contribution in [0.1, 0.15) is 15.9 Å². The molecule has 0 saturated heterocycles. The summed E-state index contributed by atoms with van der Waals surface area (Å²) in [5, 5.41) is 0. The topological polar surface area (TPSA) is 43.1 Å². The zero-order chi connectivity index (χ0) is 10.8. The van der Waals surface area contributed by atoms with Crippen molar-refractivity contribution in [3.8, 4) is 0 Å². The first kappa shape index (κ1) is 10.6. The summed E-state index contributed by atoms with van der Waals surface area (Å²) in [6.45, 7) is 0. The molecule has 0 unspecified atom stereocenters. The van der Waals surface area contributed by atoms with Gasteiger partial charge in [0.05, 0.1) is 6.42 Å². The van der Waals surface area contributed by atoms with E-state index in [-0.39, 0.29) is 16.8 Å². The molecule has 0 aromatic heterocycles. The second kappa shape index (κ2) is 3.69. The largest absolute Gasteiger partial charge is 0.398 e. The summed E-state index contributed by atoms with van der Waals surface area (Å²) in [7, 11) is 0. The molecule has 1 rings (SSSR count). The molecule has 0 aliphatic heterocycles. The quantitative estimate of drug-likeness (QED) is 0.591. The van der Waals surface area contributed by atoms with Crippen LogP contribution in [-0.4, -0.2) is 12.5 Å². The van der Waals surface area contributed by atoms with Crippen molar-refractivity contribution in [2.45, 2.75) is 12.6 Å². The molecule has 0 aliphatic carbocycles. The van der Waals surface area contributed by atoms with E-state index in [4.69, 9.17) is 5.73 Å². The molecule has 0 aliphatic rings. The fourth-order valence-corrected chi connectivity index (χ4v) is 1.11. The zero-order valence-electron chi connectivity index (χ0n) is 7.14. The highest BCUT2D eigenvalue weighted by atomic mass is 19.4. The molecular formula is C9H8F3NO. The van der Waals surface area contributed by atoms with Gasteiger partial charge in [-0.05, 0) is 11.6 Å². The smallest absolute Gasteiger partial charge is 0.393 e. The molecule has 2 nitrogen and oxygen atoms in total. The Morgan fingerprint density at radius 2 is 2.00 bits per heavy atom. The first-order valence-electron chi connectivity index (χ1n) is 3.83. The van der Waals surface area contributed by atoms with Gasteiger partial charge < -0.3 is 5.73 Å². The van der Waals surface area contributed by atoms with E-state index in [0.29, 0.717) is 6.29 Å². The Bertz CT molecular complexity index is 346. The van der Waals surface area contributed by atoms with Crippen LogP contribution >= 0.6 is 0 Å². The minimum absolute atomic E-state index is 0.0675. The number of carbonyl (C=O) groups excluding carboxylic acids is 1. The number of alkyl halides is 3. The highest BCUT2D eigenvalue weighted by Gasteiger charge is 2.28. The van der Waals surface area contributed by atoms with Crippen LogP contribution in [0.15, 0.2) is 18.2 Å². The monoisotopic (exact) mass is 203 g/mol. The Morgan fingerprint density at radius 3 is 2.50 bits per heavy atom. The van der Waals surface area contributed by atoms with E-state index >= 15 is 0 Å². The summed E-state index contributed by atoms with van der Waals surface area (Å²) >= 11 is 0. The van der Waals surface area contributed by atoms with E-state index in [0.717, 1.165) is 0 Å². The lowest BCUT2D eigenvalue weighted by Crippen LogP contribution is -2.13. The van der Waals surface area contributed by atoms with Crippen molar-refractivity contribution in [3.63, 3.8) is 0 Å². The third kappa shape index (κ3) is 2.48. The van der Waals surface area contributed by atoms with E-state index in [1.807, 2.05) is 0 Å². The maximum absolute atomic E-state index is 12.0. The number of carbonyl (C=O) groups is 1. The Kier molecular flexibility index (Phi) is 2.78. The molecule has 0 spiro atoms. The highest BCUT2D eigenvalue weighted by molar-refractivity contribution is 5.84. The molecule has 2 N–H and O–H groups in total. The number of anilines is 1.